The van der Waals surface area contributed by atoms with Crippen molar-refractivity contribution in [1.82, 2.24) is 0 Å². The number of rotatable bonds is 3. The minimum absolute atomic E-state index is 0.0160. The average molecular weight is 890 g/mol. The lowest BCUT2D eigenvalue weighted by Gasteiger charge is -2.54. The molecule has 0 spiro atoms. The van der Waals surface area contributed by atoms with Crippen LogP contribution >= 0.6 is 0 Å². The lowest BCUT2D eigenvalue weighted by molar-refractivity contribution is 0.194. The summed E-state index contributed by atoms with van der Waals surface area (Å²) in [4.78, 5) is 8.51. The summed E-state index contributed by atoms with van der Waals surface area (Å²) in [5.74, 6) is 0. The standard InChI is InChI=1S/C64H68BN3/c1-59(2,3)44-28-30-52(47(37-44)43-27-26-41-20-11-12-21-42(41)36-43)66-54-31-29-45(60(4,5)6)38-51(54)65-50-24-19-23-49-58(50)68(64(10)35-18-16-33-62(49,64)8)56-40-46(39-55(66)57(56)65)67-53-25-14-13-22-48(53)61(7)32-15-17-34-63(61,67)9/h11-14,19-31,36-40H,15-18,32-35H2,1-10H3. The van der Waals surface area contributed by atoms with E-state index in [9.17, 15) is 0 Å². The van der Waals surface area contributed by atoms with Crippen molar-refractivity contribution < 1.29 is 0 Å². The van der Waals surface area contributed by atoms with E-state index in [1.807, 2.05) is 0 Å². The third-order valence-electron chi connectivity index (χ3n) is 19.2. The Labute approximate surface area is 406 Å². The van der Waals surface area contributed by atoms with Crippen molar-refractivity contribution in [3.8, 4) is 11.1 Å². The highest BCUT2D eigenvalue weighted by atomic mass is 15.3. The zero-order valence-corrected chi connectivity index (χ0v) is 42.3. The molecule has 0 N–H and O–H groups in total. The molecule has 7 aromatic rings. The van der Waals surface area contributed by atoms with Gasteiger partial charge in [-0.2, -0.15) is 0 Å². The van der Waals surface area contributed by atoms with Crippen molar-refractivity contribution in [3.05, 3.63) is 156 Å². The van der Waals surface area contributed by atoms with E-state index in [1.54, 1.807) is 5.56 Å². The molecule has 2 saturated carbocycles. The summed E-state index contributed by atoms with van der Waals surface area (Å²) in [7, 11) is 0. The summed E-state index contributed by atoms with van der Waals surface area (Å²) in [5, 5.41) is 2.54. The van der Waals surface area contributed by atoms with Crippen molar-refractivity contribution in [3.63, 3.8) is 0 Å². The molecule has 3 nitrogen and oxygen atoms in total. The summed E-state index contributed by atoms with van der Waals surface area (Å²) in [5.41, 5.74) is 22.0. The molecule has 4 aliphatic heterocycles. The zero-order chi connectivity index (χ0) is 46.9. The van der Waals surface area contributed by atoms with E-state index in [0.29, 0.717) is 0 Å². The second-order valence-electron chi connectivity index (χ2n) is 24.8. The molecule has 4 heteroatoms. The Kier molecular flexibility index (Phi) is 8.70. The minimum atomic E-state index is -0.0785. The Hall–Kier alpha value is -5.74. The fraction of sp³-hybridized carbons (Fsp3) is 0.375. The Morgan fingerprint density at radius 3 is 1.79 bits per heavy atom. The molecular formula is C64H68BN3. The van der Waals surface area contributed by atoms with Gasteiger partial charge < -0.3 is 14.7 Å². The maximum absolute atomic E-state index is 2.93. The van der Waals surface area contributed by atoms with Crippen molar-refractivity contribution >= 4 is 73.7 Å². The van der Waals surface area contributed by atoms with E-state index >= 15 is 0 Å². The molecule has 4 unspecified atom stereocenters. The van der Waals surface area contributed by atoms with Crippen LogP contribution in [0, 0.1) is 0 Å². The molecule has 68 heavy (non-hydrogen) atoms. The zero-order valence-electron chi connectivity index (χ0n) is 42.3. The molecule has 0 aromatic heterocycles. The molecule has 7 aromatic carbocycles. The van der Waals surface area contributed by atoms with E-state index in [2.05, 4.69) is 217 Å². The first-order chi connectivity index (χ1) is 32.5. The summed E-state index contributed by atoms with van der Waals surface area (Å²) >= 11 is 0. The maximum atomic E-state index is 2.93. The number of hydrogen-bond donors (Lipinski definition) is 0. The highest BCUT2D eigenvalue weighted by Crippen LogP contribution is 2.65. The van der Waals surface area contributed by atoms with Gasteiger partial charge in [0.25, 0.3) is 6.71 Å². The SMILES string of the molecule is CC(C)(C)c1ccc2c(c1)B1c3cccc4c3N(c3cc(N5c6ccccc6C6(C)CCCCC56C)cc(c31)N2c1ccc(C(C)(C)C)cc1-c1ccc2ccccc2c1)C1(C)CCCCC41C. The van der Waals surface area contributed by atoms with Crippen molar-refractivity contribution in [2.45, 2.75) is 153 Å². The van der Waals surface area contributed by atoms with E-state index in [1.165, 1.54) is 146 Å². The van der Waals surface area contributed by atoms with E-state index < -0.39 is 0 Å². The normalized spacial score (nSPS) is 25.4. The molecule has 2 aliphatic carbocycles. The van der Waals surface area contributed by atoms with Crippen molar-refractivity contribution in [1.29, 1.82) is 0 Å². The van der Waals surface area contributed by atoms with Crippen molar-refractivity contribution in [2.75, 3.05) is 14.7 Å². The second-order valence-corrected chi connectivity index (χ2v) is 24.8. The number of nitrogens with zero attached hydrogens (tertiary/aromatic N) is 3. The predicted molar refractivity (Wildman–Crippen MR) is 292 cm³/mol. The second kappa shape index (κ2) is 14.0. The van der Waals surface area contributed by atoms with Gasteiger partial charge in [-0.1, -0.05) is 172 Å². The Bertz CT molecular complexity index is 3280. The molecule has 2 fully saturated rings. The van der Waals surface area contributed by atoms with Crippen LogP contribution in [0.5, 0.6) is 0 Å². The lowest BCUT2D eigenvalue weighted by Crippen LogP contribution is -2.64. The molecule has 0 amide bonds. The molecule has 4 heterocycles. The van der Waals surface area contributed by atoms with Crippen molar-refractivity contribution in [2.24, 2.45) is 0 Å². The van der Waals surface area contributed by atoms with Crippen LogP contribution in [0.2, 0.25) is 0 Å². The molecule has 0 bridgehead atoms. The van der Waals surface area contributed by atoms with Gasteiger partial charge in [0.2, 0.25) is 0 Å². The fourth-order valence-corrected chi connectivity index (χ4v) is 15.0. The van der Waals surface area contributed by atoms with Crippen LogP contribution in [-0.2, 0) is 21.7 Å². The summed E-state index contributed by atoms with van der Waals surface area (Å²) in [6.07, 6.45) is 9.83. The van der Waals surface area contributed by atoms with Gasteiger partial charge >= 0.3 is 0 Å². The summed E-state index contributed by atoms with van der Waals surface area (Å²) < 4.78 is 0. The molecular weight excluding hydrogens is 822 g/mol. The predicted octanol–water partition coefficient (Wildman–Crippen LogP) is 15.2. The topological polar surface area (TPSA) is 9.72 Å². The number of benzene rings is 7. The van der Waals surface area contributed by atoms with Gasteiger partial charge in [0.05, 0.1) is 16.8 Å². The molecule has 13 rings (SSSR count). The third-order valence-corrected chi connectivity index (χ3v) is 19.2. The number of hydrogen-bond acceptors (Lipinski definition) is 3. The first-order valence-electron chi connectivity index (χ1n) is 26.1. The van der Waals surface area contributed by atoms with Crippen LogP contribution in [0.3, 0.4) is 0 Å². The van der Waals surface area contributed by atoms with Crippen LogP contribution in [0.15, 0.2) is 133 Å². The summed E-state index contributed by atoms with van der Waals surface area (Å²) in [6, 6.07) is 53.2. The fourth-order valence-electron chi connectivity index (χ4n) is 15.0. The van der Waals surface area contributed by atoms with Crippen LogP contribution in [0.4, 0.5) is 39.8 Å². The van der Waals surface area contributed by atoms with Gasteiger partial charge in [0.15, 0.2) is 0 Å². The molecule has 4 atom stereocenters. The van der Waals surface area contributed by atoms with Gasteiger partial charge in [-0.25, -0.2) is 0 Å². The Balaban J connectivity index is 1.17. The number of fused-ring (bicyclic) bond motifs is 11. The van der Waals surface area contributed by atoms with Crippen LogP contribution in [0.1, 0.15) is 143 Å². The molecule has 342 valence electrons. The van der Waals surface area contributed by atoms with Crippen LogP contribution < -0.4 is 31.1 Å². The van der Waals surface area contributed by atoms with Gasteiger partial charge in [-0.3, -0.25) is 0 Å². The lowest BCUT2D eigenvalue weighted by atomic mass is 9.33. The smallest absolute Gasteiger partial charge is 0.252 e. The monoisotopic (exact) mass is 890 g/mol. The van der Waals surface area contributed by atoms with Gasteiger partial charge in [-0.15, -0.1) is 0 Å². The number of anilines is 7. The van der Waals surface area contributed by atoms with Gasteiger partial charge in [-0.05, 0) is 148 Å². The summed E-state index contributed by atoms with van der Waals surface area (Å²) in [6.45, 7) is 24.7. The highest BCUT2D eigenvalue weighted by Gasteiger charge is 2.62. The van der Waals surface area contributed by atoms with Crippen LogP contribution in [-0.4, -0.2) is 17.8 Å². The van der Waals surface area contributed by atoms with Crippen LogP contribution in [0.25, 0.3) is 21.9 Å². The third kappa shape index (κ3) is 5.44. The molecule has 6 aliphatic rings. The Morgan fingerprint density at radius 1 is 0.456 bits per heavy atom. The highest BCUT2D eigenvalue weighted by molar-refractivity contribution is 7.00. The molecule has 0 saturated heterocycles. The first kappa shape index (κ1) is 42.4. The van der Waals surface area contributed by atoms with E-state index in [4.69, 9.17) is 0 Å². The van der Waals surface area contributed by atoms with Gasteiger partial charge in [0.1, 0.15) is 0 Å². The first-order valence-corrected chi connectivity index (χ1v) is 26.1. The molecule has 0 radical (unpaired) electrons. The van der Waals surface area contributed by atoms with E-state index in [0.717, 1.165) is 0 Å². The van der Waals surface area contributed by atoms with Gasteiger partial charge in [0, 0.05) is 50.5 Å². The largest absolute Gasteiger partial charge is 0.335 e. The van der Waals surface area contributed by atoms with E-state index in [-0.39, 0.29) is 39.5 Å². The maximum Gasteiger partial charge on any atom is 0.252 e. The number of para-hydroxylation sites is 2. The minimum Gasteiger partial charge on any atom is -0.335 e. The Morgan fingerprint density at radius 2 is 1.06 bits per heavy atom. The average Bonchev–Trinajstić information content (AvgIpc) is 3.67. The quantitative estimate of drug-likeness (QED) is 0.164.